The predicted molar refractivity (Wildman–Crippen MR) is 73.0 cm³/mol. The van der Waals surface area contributed by atoms with Gasteiger partial charge in [0, 0.05) is 23.3 Å². The Bertz CT molecular complexity index is 595. The summed E-state index contributed by atoms with van der Waals surface area (Å²) in [4.78, 5) is 18.3. The van der Waals surface area contributed by atoms with Crippen molar-refractivity contribution in [2.24, 2.45) is 0 Å². The van der Waals surface area contributed by atoms with Gasteiger partial charge in [0.05, 0.1) is 0 Å². The number of benzene rings is 1. The fourth-order valence-electron chi connectivity index (χ4n) is 1.59. The maximum absolute atomic E-state index is 11.4. The minimum absolute atomic E-state index is 0.150. The number of aryl methyl sites for hydroxylation is 1. The summed E-state index contributed by atoms with van der Waals surface area (Å²) < 4.78 is 0. The van der Waals surface area contributed by atoms with E-state index in [-0.39, 0.29) is 5.56 Å². The molecular weight excluding hydrogens is 250 g/mol. The Balaban J connectivity index is 2.13. The third kappa shape index (κ3) is 3.11. The Morgan fingerprint density at radius 3 is 2.89 bits per heavy atom. The molecule has 0 fully saturated rings. The number of hydrogen-bond donors (Lipinski definition) is 2. The second kappa shape index (κ2) is 5.69. The lowest BCUT2D eigenvalue weighted by Crippen LogP contribution is -2.13. The lowest BCUT2D eigenvalue weighted by molar-refractivity contribution is 0.959. The van der Waals surface area contributed by atoms with Gasteiger partial charge >= 0.3 is 0 Å². The summed E-state index contributed by atoms with van der Waals surface area (Å²) in [5.41, 5.74) is 1.58. The summed E-state index contributed by atoms with van der Waals surface area (Å²) in [6.07, 6.45) is 0.727. The molecule has 1 heterocycles. The average molecular weight is 264 g/mol. The first-order valence-corrected chi connectivity index (χ1v) is 6.14. The van der Waals surface area contributed by atoms with E-state index in [9.17, 15) is 4.79 Å². The Morgan fingerprint density at radius 2 is 2.17 bits per heavy atom. The van der Waals surface area contributed by atoms with Gasteiger partial charge < -0.3 is 5.32 Å². The first-order chi connectivity index (χ1) is 8.69. The van der Waals surface area contributed by atoms with Crippen LogP contribution < -0.4 is 10.9 Å². The van der Waals surface area contributed by atoms with Gasteiger partial charge in [-0.15, -0.1) is 0 Å². The zero-order chi connectivity index (χ0) is 13.0. The third-order valence-corrected chi connectivity index (χ3v) is 2.93. The molecule has 0 saturated heterocycles. The van der Waals surface area contributed by atoms with Crippen molar-refractivity contribution in [1.29, 1.82) is 0 Å². The van der Waals surface area contributed by atoms with Gasteiger partial charge in [0.25, 0.3) is 5.56 Å². The van der Waals surface area contributed by atoms with Crippen LogP contribution in [0.2, 0.25) is 5.02 Å². The van der Waals surface area contributed by atoms with E-state index in [2.05, 4.69) is 15.3 Å². The Hall–Kier alpha value is -1.81. The van der Waals surface area contributed by atoms with Gasteiger partial charge in [0.15, 0.2) is 0 Å². The van der Waals surface area contributed by atoms with Gasteiger partial charge in [-0.05, 0) is 18.1 Å². The third-order valence-electron chi connectivity index (χ3n) is 2.56. The number of H-pyrrole nitrogens is 1. The van der Waals surface area contributed by atoms with Gasteiger partial charge in [-0.1, -0.05) is 36.7 Å². The van der Waals surface area contributed by atoms with Crippen molar-refractivity contribution in [1.82, 2.24) is 9.97 Å². The molecule has 0 aliphatic carbocycles. The topological polar surface area (TPSA) is 57.8 Å². The number of anilines is 1. The quantitative estimate of drug-likeness (QED) is 0.891. The van der Waals surface area contributed by atoms with Gasteiger partial charge in [-0.25, -0.2) is 4.98 Å². The standard InChI is InChI=1S/C13H14ClN3O/c1-2-10-7-12(18)17-13(16-10)15-8-9-5-3-4-6-11(9)14/h3-7H,2,8H2,1H3,(H2,15,16,17,18). The molecule has 0 spiro atoms. The van der Waals surface area contributed by atoms with Gasteiger partial charge in [-0.2, -0.15) is 0 Å². The SMILES string of the molecule is CCc1cc(=O)[nH]c(NCc2ccccc2Cl)n1. The molecule has 0 bridgehead atoms. The molecule has 2 N–H and O–H groups in total. The number of nitrogens with zero attached hydrogens (tertiary/aromatic N) is 1. The molecule has 1 aromatic carbocycles. The molecule has 4 nitrogen and oxygen atoms in total. The molecule has 0 aliphatic rings. The number of rotatable bonds is 4. The van der Waals surface area contributed by atoms with Gasteiger partial charge in [0.1, 0.15) is 0 Å². The fourth-order valence-corrected chi connectivity index (χ4v) is 1.80. The van der Waals surface area contributed by atoms with E-state index >= 15 is 0 Å². The first-order valence-electron chi connectivity index (χ1n) is 5.76. The van der Waals surface area contributed by atoms with Crippen LogP contribution in [0.4, 0.5) is 5.95 Å². The Morgan fingerprint density at radius 1 is 1.39 bits per heavy atom. The zero-order valence-electron chi connectivity index (χ0n) is 10.0. The van der Waals surface area contributed by atoms with Crippen molar-refractivity contribution < 1.29 is 0 Å². The highest BCUT2D eigenvalue weighted by Gasteiger charge is 2.02. The van der Waals surface area contributed by atoms with Crippen molar-refractivity contribution >= 4 is 17.5 Å². The summed E-state index contributed by atoms with van der Waals surface area (Å²) in [7, 11) is 0. The van der Waals surface area contributed by atoms with E-state index in [4.69, 9.17) is 11.6 Å². The molecule has 5 heteroatoms. The van der Waals surface area contributed by atoms with Crippen LogP contribution in [0.15, 0.2) is 35.1 Å². The number of nitrogens with one attached hydrogen (secondary N) is 2. The fraction of sp³-hybridized carbons (Fsp3) is 0.231. The lowest BCUT2D eigenvalue weighted by Gasteiger charge is -2.07. The molecule has 1 aromatic heterocycles. The number of aromatic nitrogens is 2. The van der Waals surface area contributed by atoms with Crippen LogP contribution in [-0.2, 0) is 13.0 Å². The van der Waals surface area contributed by atoms with Crippen molar-refractivity contribution in [3.63, 3.8) is 0 Å². The number of halogens is 1. The molecule has 94 valence electrons. The van der Waals surface area contributed by atoms with Crippen LogP contribution >= 0.6 is 11.6 Å². The molecular formula is C13H14ClN3O. The molecule has 0 aliphatic heterocycles. The Kier molecular flexibility index (Phi) is 3.99. The van der Waals surface area contributed by atoms with Crippen LogP contribution in [0.25, 0.3) is 0 Å². The smallest absolute Gasteiger partial charge is 0.252 e. The monoisotopic (exact) mass is 263 g/mol. The van der Waals surface area contributed by atoms with Gasteiger partial charge in [-0.3, -0.25) is 9.78 Å². The van der Waals surface area contributed by atoms with E-state index in [1.54, 1.807) is 0 Å². The molecule has 0 saturated carbocycles. The molecule has 18 heavy (non-hydrogen) atoms. The lowest BCUT2D eigenvalue weighted by atomic mass is 10.2. The number of aromatic amines is 1. The van der Waals surface area contributed by atoms with Crippen LogP contribution in [-0.4, -0.2) is 9.97 Å². The van der Waals surface area contributed by atoms with E-state index in [0.717, 1.165) is 17.7 Å². The van der Waals surface area contributed by atoms with Gasteiger partial charge in [0.2, 0.25) is 5.95 Å². The summed E-state index contributed by atoms with van der Waals surface area (Å²) in [6.45, 7) is 2.48. The summed E-state index contributed by atoms with van der Waals surface area (Å²) in [5.74, 6) is 0.472. The second-order valence-electron chi connectivity index (χ2n) is 3.88. The highest BCUT2D eigenvalue weighted by Crippen LogP contribution is 2.15. The highest BCUT2D eigenvalue weighted by molar-refractivity contribution is 6.31. The summed E-state index contributed by atoms with van der Waals surface area (Å²) in [6, 6.07) is 9.06. The van der Waals surface area contributed by atoms with E-state index < -0.39 is 0 Å². The zero-order valence-corrected chi connectivity index (χ0v) is 10.8. The predicted octanol–water partition coefficient (Wildman–Crippen LogP) is 2.60. The molecule has 0 atom stereocenters. The molecule has 2 rings (SSSR count). The van der Waals surface area contributed by atoms with Crippen LogP contribution in [0.3, 0.4) is 0 Å². The minimum Gasteiger partial charge on any atom is -0.352 e. The van der Waals surface area contributed by atoms with Crippen molar-refractivity contribution in [2.75, 3.05) is 5.32 Å². The highest BCUT2D eigenvalue weighted by atomic mass is 35.5. The van der Waals surface area contributed by atoms with E-state index in [1.807, 2.05) is 31.2 Å². The van der Waals surface area contributed by atoms with Crippen LogP contribution in [0.5, 0.6) is 0 Å². The number of hydrogen-bond acceptors (Lipinski definition) is 3. The van der Waals surface area contributed by atoms with E-state index in [1.165, 1.54) is 6.07 Å². The van der Waals surface area contributed by atoms with Crippen molar-refractivity contribution in [3.05, 3.63) is 57.0 Å². The maximum Gasteiger partial charge on any atom is 0.252 e. The molecule has 0 amide bonds. The second-order valence-corrected chi connectivity index (χ2v) is 4.29. The van der Waals surface area contributed by atoms with Crippen LogP contribution in [0, 0.1) is 0 Å². The first kappa shape index (κ1) is 12.6. The van der Waals surface area contributed by atoms with E-state index in [0.29, 0.717) is 17.5 Å². The Labute approximate surface area is 110 Å². The van der Waals surface area contributed by atoms with Crippen molar-refractivity contribution in [2.45, 2.75) is 19.9 Å². The summed E-state index contributed by atoms with van der Waals surface area (Å²) in [5, 5.41) is 3.76. The molecule has 0 radical (unpaired) electrons. The minimum atomic E-state index is -0.150. The molecule has 0 unspecified atom stereocenters. The van der Waals surface area contributed by atoms with Crippen LogP contribution in [0.1, 0.15) is 18.2 Å². The largest absolute Gasteiger partial charge is 0.352 e. The maximum atomic E-state index is 11.4. The average Bonchev–Trinajstić information content (AvgIpc) is 2.37. The van der Waals surface area contributed by atoms with Crippen molar-refractivity contribution in [3.8, 4) is 0 Å². The summed E-state index contributed by atoms with van der Waals surface area (Å²) >= 11 is 6.05. The molecule has 2 aromatic rings. The normalized spacial score (nSPS) is 10.3.